The monoisotopic (exact) mass is 736 g/mol. The minimum absolute atomic E-state index is 0. The van der Waals surface area contributed by atoms with Gasteiger partial charge in [-0.3, -0.25) is 4.79 Å². The Balaban J connectivity index is 0. The number of likely N-dealkylation sites (N-methyl/N-ethyl adjacent to an activating group) is 1. The zero-order valence-corrected chi connectivity index (χ0v) is 23.2. The zero-order valence-electron chi connectivity index (χ0n) is 20.8. The van der Waals surface area contributed by atoms with Gasteiger partial charge in [0.05, 0.1) is 0 Å². The van der Waals surface area contributed by atoms with E-state index in [1.54, 1.807) is 6.41 Å². The summed E-state index contributed by atoms with van der Waals surface area (Å²) in [5.74, 6) is 0.789. The van der Waals surface area contributed by atoms with Crippen molar-refractivity contribution in [3.63, 3.8) is 0 Å². The van der Waals surface area contributed by atoms with E-state index in [-0.39, 0.29) is 12.6 Å². The molecule has 0 saturated heterocycles. The van der Waals surface area contributed by atoms with Crippen molar-refractivity contribution in [2.24, 2.45) is 0 Å². The van der Waals surface area contributed by atoms with Crippen LogP contribution < -0.4 is 15.4 Å². The molecule has 3 N–H and O–H groups in total. The first-order chi connectivity index (χ1) is 17.2. The number of carbonyl (C=O) groups excluding carboxylic acids is 2. The molecule has 7 nitrogen and oxygen atoms in total. The van der Waals surface area contributed by atoms with E-state index in [1.165, 1.54) is 0 Å². The maximum absolute atomic E-state index is 10.6. The van der Waals surface area contributed by atoms with Gasteiger partial charge in [-0.25, -0.2) is 0 Å². The van der Waals surface area contributed by atoms with Crippen molar-refractivity contribution in [3.05, 3.63) is 102 Å². The quantitative estimate of drug-likeness (QED) is 0.125. The molecule has 0 heterocycles. The van der Waals surface area contributed by atoms with Crippen LogP contribution in [-0.4, -0.2) is 44.4 Å². The molecule has 0 radical (unpaired) electrons. The number of aldehydes is 1. The van der Waals surface area contributed by atoms with Crippen LogP contribution in [0.4, 0.5) is 0 Å². The summed E-state index contributed by atoms with van der Waals surface area (Å²) >= 11 is 0. The van der Waals surface area contributed by atoms with Crippen molar-refractivity contribution >= 4 is 19.2 Å². The summed E-state index contributed by atoms with van der Waals surface area (Å²) in [6, 6.07) is 28.0. The van der Waals surface area contributed by atoms with Gasteiger partial charge in [-0.1, -0.05) is 86.6 Å². The molecule has 0 aliphatic rings. The standard InChI is InChI=1S/C21H18O2.C4H9N2O.C2H6.CH2O2.Fm/c22-16-15-17-11-13-20(14-12-17)23-21(18-7-3-1-4-8-18)19-9-5-2-6-10-19;1-5-2-3-6-4-7;1-2;2-1-3;/h1-14,16,21H,15H2;5H,2-3H2,1H3,(H,6,7);1-2H3;1H,(H,2,3);/q;-1;;;. The van der Waals surface area contributed by atoms with Crippen LogP contribution >= 0.6 is 0 Å². The second-order valence-corrected chi connectivity index (χ2v) is 6.57. The Morgan fingerprint density at radius 2 is 1.33 bits per heavy atom. The van der Waals surface area contributed by atoms with E-state index >= 15 is 0 Å². The second-order valence-electron chi connectivity index (χ2n) is 6.57. The maximum Gasteiger partial charge on any atom is 0.290 e. The van der Waals surface area contributed by atoms with Gasteiger partial charge in [0.25, 0.3) is 6.47 Å². The Bertz CT molecular complexity index is 871. The van der Waals surface area contributed by atoms with Crippen molar-refractivity contribution < 1.29 is 24.2 Å². The summed E-state index contributed by atoms with van der Waals surface area (Å²) in [6.07, 6.45) is 2.75. The first-order valence-electron chi connectivity index (χ1n) is 11.3. The fraction of sp³-hybridized carbons (Fsp3) is 0.250. The number of carbonyl (C=O) groups is 2. The smallest absolute Gasteiger partial charge is 0.290 e. The Morgan fingerprint density at radius 3 is 1.72 bits per heavy atom. The van der Waals surface area contributed by atoms with Gasteiger partial charge in [-0.15, -0.1) is 0 Å². The minimum atomic E-state index is -0.250. The number of carboxylic acid groups (broad SMARTS) is 1. The van der Waals surface area contributed by atoms with Crippen LogP contribution in [0, 0.1) is 0 Å². The summed E-state index contributed by atoms with van der Waals surface area (Å²) in [6.45, 7) is 5.20. The molecule has 0 aliphatic carbocycles. The van der Waals surface area contributed by atoms with E-state index in [2.05, 4.69) is 34.9 Å². The minimum Gasteiger partial charge on any atom is -0.529 e. The molecule has 36 heavy (non-hydrogen) atoms. The van der Waals surface area contributed by atoms with Gasteiger partial charge >= 0.3 is 0 Å². The van der Waals surface area contributed by atoms with Gasteiger partial charge in [0, 0.05) is 13.0 Å². The van der Waals surface area contributed by atoms with E-state index in [4.69, 9.17) is 14.6 Å². The molecule has 3 aromatic rings. The summed E-state index contributed by atoms with van der Waals surface area (Å²) in [7, 11) is 1.83. The fourth-order valence-electron chi connectivity index (χ4n) is 2.76. The number of hydrogen-bond acceptors (Lipinski definition) is 5. The molecule has 3 rings (SSSR count). The van der Waals surface area contributed by atoms with Crippen LogP contribution in [0.1, 0.15) is 36.6 Å². The van der Waals surface area contributed by atoms with Crippen LogP contribution in [0.5, 0.6) is 5.75 Å². The van der Waals surface area contributed by atoms with E-state index < -0.39 is 0 Å². The summed E-state index contributed by atoms with van der Waals surface area (Å²) in [4.78, 5) is 28.4. The molecule has 0 saturated carbocycles. The topological polar surface area (TPSA) is 105 Å². The molecule has 1 amide bonds. The molecular formula is C28H35FmN2O5-. The van der Waals surface area contributed by atoms with Gasteiger partial charge in [0.15, 0.2) is 0 Å². The number of hydrogen-bond donors (Lipinski definition) is 3. The third-order valence-electron chi connectivity index (χ3n) is 4.27. The number of amides is 1. The van der Waals surface area contributed by atoms with Crippen molar-refractivity contribution in [1.82, 2.24) is 10.6 Å². The molecule has 0 aliphatic heterocycles. The number of nitrogens with one attached hydrogen (secondary N) is 2. The Hall–Kier alpha value is -4.97. The fourth-order valence-corrected chi connectivity index (χ4v) is 2.76. The Morgan fingerprint density at radius 1 is 0.861 bits per heavy atom. The second kappa shape index (κ2) is 23.2. The molecule has 0 atom stereocenters. The molecule has 8 heteroatoms. The summed E-state index contributed by atoms with van der Waals surface area (Å²) in [5.41, 5.74) is 3.20. The molecular weight excluding hydrogens is 701 g/mol. The van der Waals surface area contributed by atoms with Crippen LogP contribution in [0.2, 0.25) is 0 Å². The van der Waals surface area contributed by atoms with Gasteiger partial charge < -0.3 is 30.1 Å². The molecule has 0 spiro atoms. The Labute approximate surface area is 208 Å². The third kappa shape index (κ3) is 14.2. The molecule has 0 fully saturated rings. The normalized spacial score (nSPS) is 8.78. The molecule has 0 unspecified atom stereocenters. The molecule has 0 aromatic heterocycles. The van der Waals surface area contributed by atoms with E-state index in [1.807, 2.05) is 81.6 Å². The number of rotatable bonds is 10. The zero-order chi connectivity index (χ0) is 26.2. The summed E-state index contributed by atoms with van der Waals surface area (Å²) < 4.78 is 6.23. The Kier molecular flexibility index (Phi) is 21.4. The SMILES string of the molecule is CC.CNCCN[C-]=O.O=CCc1ccc(OC(c2ccccc2)c2ccccc2)cc1.O=CO.[Fm]. The van der Waals surface area contributed by atoms with Crippen molar-refractivity contribution in [2.75, 3.05) is 20.1 Å². The van der Waals surface area contributed by atoms with Crippen LogP contribution in [0.3, 0.4) is 0 Å². The first kappa shape index (κ1) is 33.2. The van der Waals surface area contributed by atoms with Crippen molar-refractivity contribution in [2.45, 2.75) is 26.4 Å². The van der Waals surface area contributed by atoms with Crippen LogP contribution in [0.15, 0.2) is 84.9 Å². The predicted octanol–water partition coefficient (Wildman–Crippen LogP) is 4.19. The first-order valence-corrected chi connectivity index (χ1v) is 11.3. The largest absolute Gasteiger partial charge is 0.529 e. The number of ether oxygens (including phenoxy) is 1. The van der Waals surface area contributed by atoms with E-state index in [9.17, 15) is 9.59 Å². The molecule has 3 aromatic carbocycles. The van der Waals surface area contributed by atoms with E-state index in [0.717, 1.165) is 35.3 Å². The third-order valence-corrected chi connectivity index (χ3v) is 4.27. The average Bonchev–Trinajstić information content (AvgIpc) is 2.92. The maximum atomic E-state index is 10.6. The predicted molar refractivity (Wildman–Crippen MR) is 139 cm³/mol. The van der Waals surface area contributed by atoms with Crippen molar-refractivity contribution in [3.8, 4) is 5.75 Å². The molecule has 0 bridgehead atoms. The number of benzene rings is 3. The summed E-state index contributed by atoms with van der Waals surface area (Å²) in [5, 5.41) is 12.1. The average molecular weight is 737 g/mol. The van der Waals surface area contributed by atoms with Gasteiger partial charge in [0.2, 0.25) is 0 Å². The van der Waals surface area contributed by atoms with Crippen LogP contribution in [-0.2, 0) is 20.8 Å². The van der Waals surface area contributed by atoms with E-state index in [0.29, 0.717) is 13.0 Å². The van der Waals surface area contributed by atoms with Gasteiger partial charge in [-0.2, -0.15) is 6.41 Å². The van der Waals surface area contributed by atoms with Gasteiger partial charge in [-0.05, 0) is 42.4 Å². The van der Waals surface area contributed by atoms with Gasteiger partial charge in [0.1, 0.15) is 18.1 Å². The van der Waals surface area contributed by atoms with Crippen molar-refractivity contribution in [1.29, 1.82) is 0 Å². The van der Waals surface area contributed by atoms with Crippen LogP contribution in [0.25, 0.3) is 0 Å². The molecule has 200 valence electrons.